The Morgan fingerprint density at radius 3 is 2.71 bits per heavy atom. The first kappa shape index (κ1) is 10.9. The Hall–Kier alpha value is -1.26. The van der Waals surface area contributed by atoms with Gasteiger partial charge in [0.1, 0.15) is 0 Å². The number of benzene rings is 1. The fourth-order valence-electron chi connectivity index (χ4n) is 2.32. The van der Waals surface area contributed by atoms with Gasteiger partial charge in [-0.15, -0.1) is 0 Å². The first-order chi connectivity index (χ1) is 8.22. The maximum absolute atomic E-state index is 8.89. The molecule has 1 spiro atoms. The smallest absolute Gasteiger partial charge is 0.251 e. The molecular formula is C13H17NO3. The van der Waals surface area contributed by atoms with Crippen molar-refractivity contribution < 1.29 is 14.6 Å². The van der Waals surface area contributed by atoms with Gasteiger partial charge in [-0.05, 0) is 30.5 Å². The van der Waals surface area contributed by atoms with Crippen LogP contribution in [0.1, 0.15) is 37.3 Å². The number of aliphatic hydroxyl groups excluding tert-OH is 1. The van der Waals surface area contributed by atoms with E-state index in [0.717, 1.165) is 36.3 Å². The van der Waals surface area contributed by atoms with Crippen molar-refractivity contribution in [1.82, 2.24) is 0 Å². The number of fused-ring (bicyclic) bond motifs is 1. The maximum atomic E-state index is 8.89. The quantitative estimate of drug-likeness (QED) is 0.837. The van der Waals surface area contributed by atoms with E-state index in [1.165, 1.54) is 0 Å². The van der Waals surface area contributed by atoms with E-state index in [2.05, 4.69) is 0 Å². The first-order valence-electron chi connectivity index (χ1n) is 6.11. The predicted molar refractivity (Wildman–Crippen MR) is 62.9 cm³/mol. The second-order valence-corrected chi connectivity index (χ2v) is 4.79. The average Bonchev–Trinajstić information content (AvgIpc) is 2.67. The summed E-state index contributed by atoms with van der Waals surface area (Å²) in [7, 11) is 0. The predicted octanol–water partition coefficient (Wildman–Crippen LogP) is 1.72. The van der Waals surface area contributed by atoms with Crippen LogP contribution in [0, 0.1) is 0 Å². The highest BCUT2D eigenvalue weighted by Gasteiger charge is 2.47. The van der Waals surface area contributed by atoms with Crippen molar-refractivity contribution in [1.29, 1.82) is 0 Å². The van der Waals surface area contributed by atoms with Crippen LogP contribution in [-0.2, 0) is 0 Å². The number of ether oxygens (including phenoxy) is 2. The summed E-state index contributed by atoms with van der Waals surface area (Å²) in [5.41, 5.74) is 6.94. The van der Waals surface area contributed by atoms with Gasteiger partial charge < -0.3 is 20.3 Å². The van der Waals surface area contributed by atoms with Gasteiger partial charge in [0.25, 0.3) is 5.79 Å². The lowest BCUT2D eigenvalue weighted by atomic mass is 9.91. The zero-order chi connectivity index (χ0) is 11.9. The zero-order valence-electron chi connectivity index (χ0n) is 9.69. The number of hydrogen-bond acceptors (Lipinski definition) is 4. The van der Waals surface area contributed by atoms with Gasteiger partial charge in [0.15, 0.2) is 11.5 Å². The van der Waals surface area contributed by atoms with Crippen molar-refractivity contribution in [2.75, 3.05) is 6.61 Å². The van der Waals surface area contributed by atoms with E-state index >= 15 is 0 Å². The van der Waals surface area contributed by atoms with Crippen LogP contribution < -0.4 is 15.2 Å². The molecule has 0 aromatic heterocycles. The summed E-state index contributed by atoms with van der Waals surface area (Å²) in [5.74, 6) is 1.21. The summed E-state index contributed by atoms with van der Waals surface area (Å²) in [6.07, 6.45) is 3.63. The van der Waals surface area contributed by atoms with Gasteiger partial charge in [-0.25, -0.2) is 0 Å². The molecule has 3 rings (SSSR count). The van der Waals surface area contributed by atoms with Gasteiger partial charge >= 0.3 is 0 Å². The van der Waals surface area contributed by atoms with Gasteiger partial charge in [-0.3, -0.25) is 0 Å². The molecule has 0 saturated heterocycles. The lowest BCUT2D eigenvalue weighted by Gasteiger charge is -2.35. The molecule has 1 unspecified atom stereocenters. The van der Waals surface area contributed by atoms with Crippen LogP contribution in [0.3, 0.4) is 0 Å². The summed E-state index contributed by atoms with van der Waals surface area (Å²) in [6, 6.07) is 5.64. The van der Waals surface area contributed by atoms with E-state index < -0.39 is 0 Å². The van der Waals surface area contributed by atoms with Gasteiger partial charge in [-0.2, -0.15) is 0 Å². The third kappa shape index (κ3) is 1.77. The molecule has 1 fully saturated rings. The Balaban J connectivity index is 1.82. The molecule has 92 valence electrons. The largest absolute Gasteiger partial charge is 0.448 e. The molecule has 2 aliphatic rings. The monoisotopic (exact) mass is 235 g/mol. The van der Waals surface area contributed by atoms with Crippen molar-refractivity contribution in [3.63, 3.8) is 0 Å². The molecule has 1 saturated carbocycles. The highest BCUT2D eigenvalue weighted by atomic mass is 16.7. The van der Waals surface area contributed by atoms with E-state index in [4.69, 9.17) is 20.3 Å². The third-order valence-corrected chi connectivity index (χ3v) is 3.54. The van der Waals surface area contributed by atoms with E-state index in [-0.39, 0.29) is 18.4 Å². The summed E-state index contributed by atoms with van der Waals surface area (Å²) >= 11 is 0. The highest BCUT2D eigenvalue weighted by Crippen LogP contribution is 2.48. The van der Waals surface area contributed by atoms with Crippen LogP contribution >= 0.6 is 0 Å². The van der Waals surface area contributed by atoms with Gasteiger partial charge in [-0.1, -0.05) is 6.07 Å². The number of nitrogens with two attached hydrogens (primary N) is 1. The molecular weight excluding hydrogens is 218 g/mol. The van der Waals surface area contributed by atoms with E-state index in [0.29, 0.717) is 6.42 Å². The second kappa shape index (κ2) is 3.89. The Kier molecular flexibility index (Phi) is 2.49. The van der Waals surface area contributed by atoms with Crippen molar-refractivity contribution in [2.45, 2.75) is 37.5 Å². The molecule has 1 aromatic carbocycles. The minimum atomic E-state index is -0.387. The summed E-state index contributed by atoms with van der Waals surface area (Å²) in [6.45, 7) is 0.0968. The second-order valence-electron chi connectivity index (χ2n) is 4.79. The van der Waals surface area contributed by atoms with Crippen LogP contribution in [0.25, 0.3) is 0 Å². The van der Waals surface area contributed by atoms with Gasteiger partial charge in [0.2, 0.25) is 0 Å². The summed E-state index contributed by atoms with van der Waals surface area (Å²) in [4.78, 5) is 0. The van der Waals surface area contributed by atoms with E-state index in [1.807, 2.05) is 18.2 Å². The average molecular weight is 235 g/mol. The van der Waals surface area contributed by atoms with Gasteiger partial charge in [0, 0.05) is 25.5 Å². The SMILES string of the molecule is NC(CCO)c1ccc2c(c1)OC1(CCC1)O2. The minimum Gasteiger partial charge on any atom is -0.448 e. The van der Waals surface area contributed by atoms with Crippen molar-refractivity contribution in [2.24, 2.45) is 5.73 Å². The number of hydrogen-bond donors (Lipinski definition) is 2. The maximum Gasteiger partial charge on any atom is 0.251 e. The minimum absolute atomic E-state index is 0.0968. The molecule has 4 nitrogen and oxygen atoms in total. The number of aliphatic hydroxyl groups is 1. The fourth-order valence-corrected chi connectivity index (χ4v) is 2.32. The molecule has 1 aliphatic heterocycles. The van der Waals surface area contributed by atoms with Crippen LogP contribution in [0.15, 0.2) is 18.2 Å². The van der Waals surface area contributed by atoms with Crippen LogP contribution in [-0.4, -0.2) is 17.5 Å². The molecule has 4 heteroatoms. The van der Waals surface area contributed by atoms with E-state index in [9.17, 15) is 0 Å². The molecule has 3 N–H and O–H groups in total. The number of rotatable bonds is 3. The molecule has 0 radical (unpaired) electrons. The molecule has 1 atom stereocenters. The van der Waals surface area contributed by atoms with Crippen LogP contribution in [0.5, 0.6) is 11.5 Å². The fraction of sp³-hybridized carbons (Fsp3) is 0.538. The van der Waals surface area contributed by atoms with Crippen molar-refractivity contribution in [3.8, 4) is 11.5 Å². The Morgan fingerprint density at radius 2 is 2.06 bits per heavy atom. The first-order valence-corrected chi connectivity index (χ1v) is 6.11. The summed E-state index contributed by atoms with van der Waals surface area (Å²) in [5, 5.41) is 8.89. The molecule has 1 heterocycles. The Morgan fingerprint density at radius 1 is 1.29 bits per heavy atom. The van der Waals surface area contributed by atoms with Gasteiger partial charge in [0.05, 0.1) is 0 Å². The molecule has 1 aliphatic carbocycles. The van der Waals surface area contributed by atoms with Crippen LogP contribution in [0.2, 0.25) is 0 Å². The van der Waals surface area contributed by atoms with Crippen molar-refractivity contribution in [3.05, 3.63) is 23.8 Å². The molecule has 17 heavy (non-hydrogen) atoms. The molecule has 0 amide bonds. The lowest BCUT2D eigenvalue weighted by molar-refractivity contribution is -0.138. The standard InChI is InChI=1S/C13H17NO3/c14-10(4-7-15)9-2-3-11-12(8-9)17-13(16-11)5-1-6-13/h2-3,8,10,15H,1,4-7,14H2. The topological polar surface area (TPSA) is 64.7 Å². The molecule has 1 aromatic rings. The normalized spacial score (nSPS) is 21.3. The lowest BCUT2D eigenvalue weighted by Crippen LogP contribution is -2.45. The zero-order valence-corrected chi connectivity index (χ0v) is 9.69. The van der Waals surface area contributed by atoms with E-state index in [1.54, 1.807) is 0 Å². The Bertz CT molecular complexity index is 429. The Labute approximate surface area is 100 Å². The van der Waals surface area contributed by atoms with Crippen molar-refractivity contribution >= 4 is 0 Å². The third-order valence-electron chi connectivity index (χ3n) is 3.54. The summed E-state index contributed by atoms with van der Waals surface area (Å²) < 4.78 is 11.7. The van der Waals surface area contributed by atoms with Crippen LogP contribution in [0.4, 0.5) is 0 Å². The highest BCUT2D eigenvalue weighted by molar-refractivity contribution is 5.47. The molecule has 0 bridgehead atoms.